The molecule has 174 valence electrons. The Labute approximate surface area is 197 Å². The van der Waals surface area contributed by atoms with Gasteiger partial charge in [0, 0.05) is 30.5 Å². The highest BCUT2D eigenvalue weighted by atomic mass is 19.1. The SMILES string of the molecule is N#Cc1cc(-c2ccnc(Nc3ccc(NC4CCNCC4)nc3)n2)cnc1N1CCC(F)C1. The molecule has 2 aliphatic heterocycles. The number of hydrogen-bond donors (Lipinski definition) is 3. The summed E-state index contributed by atoms with van der Waals surface area (Å²) in [6.45, 7) is 2.87. The first-order valence-electron chi connectivity index (χ1n) is 11.5. The maximum Gasteiger partial charge on any atom is 0.227 e. The number of aromatic nitrogens is 4. The Morgan fingerprint density at radius 3 is 2.71 bits per heavy atom. The van der Waals surface area contributed by atoms with Gasteiger partial charge >= 0.3 is 0 Å². The van der Waals surface area contributed by atoms with Crippen LogP contribution >= 0.6 is 0 Å². The van der Waals surface area contributed by atoms with Gasteiger partial charge in [0.15, 0.2) is 0 Å². The maximum atomic E-state index is 13.6. The molecule has 2 aliphatic rings. The molecule has 0 radical (unpaired) electrons. The summed E-state index contributed by atoms with van der Waals surface area (Å²) >= 11 is 0. The quantitative estimate of drug-likeness (QED) is 0.511. The number of pyridine rings is 2. The number of rotatable bonds is 6. The smallest absolute Gasteiger partial charge is 0.227 e. The van der Waals surface area contributed by atoms with Crippen molar-refractivity contribution < 1.29 is 4.39 Å². The zero-order chi connectivity index (χ0) is 23.3. The number of halogens is 1. The van der Waals surface area contributed by atoms with Gasteiger partial charge in [-0.3, -0.25) is 0 Å². The second-order valence-electron chi connectivity index (χ2n) is 8.53. The lowest BCUT2D eigenvalue weighted by molar-refractivity contribution is 0.364. The molecule has 10 heteroatoms. The van der Waals surface area contributed by atoms with Crippen LogP contribution in [0.1, 0.15) is 24.8 Å². The molecule has 0 aliphatic carbocycles. The minimum Gasteiger partial charge on any atom is -0.367 e. The average Bonchev–Trinajstić information content (AvgIpc) is 3.31. The van der Waals surface area contributed by atoms with Crippen LogP contribution in [-0.2, 0) is 0 Å². The van der Waals surface area contributed by atoms with Crippen molar-refractivity contribution in [3.05, 3.63) is 48.4 Å². The number of nitriles is 1. The van der Waals surface area contributed by atoms with Gasteiger partial charge in [-0.05, 0) is 56.6 Å². The molecule has 34 heavy (non-hydrogen) atoms. The lowest BCUT2D eigenvalue weighted by atomic mass is 10.1. The Morgan fingerprint density at radius 2 is 1.97 bits per heavy atom. The summed E-state index contributed by atoms with van der Waals surface area (Å²) in [6.07, 6.45) is 6.81. The molecule has 0 spiro atoms. The molecule has 0 amide bonds. The van der Waals surface area contributed by atoms with Gasteiger partial charge in [0.1, 0.15) is 23.9 Å². The van der Waals surface area contributed by atoms with Gasteiger partial charge in [0.2, 0.25) is 5.95 Å². The molecule has 9 nitrogen and oxygen atoms in total. The number of anilines is 4. The predicted octanol–water partition coefficient (Wildman–Crippen LogP) is 3.26. The van der Waals surface area contributed by atoms with Crippen molar-refractivity contribution in [2.45, 2.75) is 31.5 Å². The summed E-state index contributed by atoms with van der Waals surface area (Å²) in [5, 5.41) is 19.6. The van der Waals surface area contributed by atoms with Crippen molar-refractivity contribution in [2.75, 3.05) is 41.7 Å². The molecule has 3 N–H and O–H groups in total. The van der Waals surface area contributed by atoms with Gasteiger partial charge in [0.05, 0.1) is 29.7 Å². The molecular formula is C24H26FN9. The molecule has 3 aromatic heterocycles. The van der Waals surface area contributed by atoms with Gasteiger partial charge < -0.3 is 20.9 Å². The molecule has 1 unspecified atom stereocenters. The number of piperidine rings is 1. The van der Waals surface area contributed by atoms with Crippen LogP contribution in [0.3, 0.4) is 0 Å². The van der Waals surface area contributed by atoms with Crippen LogP contribution in [-0.4, -0.2) is 58.3 Å². The zero-order valence-corrected chi connectivity index (χ0v) is 18.7. The van der Waals surface area contributed by atoms with E-state index in [9.17, 15) is 9.65 Å². The first-order valence-corrected chi connectivity index (χ1v) is 11.5. The molecule has 0 saturated carbocycles. The van der Waals surface area contributed by atoms with E-state index in [1.165, 1.54) is 0 Å². The highest BCUT2D eigenvalue weighted by Gasteiger charge is 2.25. The van der Waals surface area contributed by atoms with Crippen molar-refractivity contribution in [3.63, 3.8) is 0 Å². The highest BCUT2D eigenvalue weighted by molar-refractivity contribution is 5.67. The molecule has 2 fully saturated rings. The lowest BCUT2D eigenvalue weighted by Gasteiger charge is -2.24. The summed E-state index contributed by atoms with van der Waals surface area (Å²) in [7, 11) is 0. The van der Waals surface area contributed by atoms with Crippen molar-refractivity contribution >= 4 is 23.3 Å². The van der Waals surface area contributed by atoms with E-state index in [-0.39, 0.29) is 6.54 Å². The summed E-state index contributed by atoms with van der Waals surface area (Å²) in [5.74, 6) is 1.78. The average molecular weight is 460 g/mol. The fourth-order valence-corrected chi connectivity index (χ4v) is 4.28. The van der Waals surface area contributed by atoms with Gasteiger partial charge in [-0.25, -0.2) is 24.3 Å². The summed E-state index contributed by atoms with van der Waals surface area (Å²) in [5.41, 5.74) is 2.51. The molecule has 5 rings (SSSR count). The van der Waals surface area contributed by atoms with Crippen LogP contribution in [0.15, 0.2) is 42.9 Å². The molecule has 5 heterocycles. The minimum atomic E-state index is -0.882. The number of alkyl halides is 1. The molecule has 3 aromatic rings. The Bertz CT molecular complexity index is 1170. The Hall–Kier alpha value is -3.84. The Kier molecular flexibility index (Phi) is 6.44. The Morgan fingerprint density at radius 1 is 1.09 bits per heavy atom. The summed E-state index contributed by atoms with van der Waals surface area (Å²) in [4.78, 5) is 19.6. The zero-order valence-electron chi connectivity index (χ0n) is 18.7. The van der Waals surface area contributed by atoms with E-state index in [1.54, 1.807) is 30.7 Å². The molecule has 1 atom stereocenters. The van der Waals surface area contributed by atoms with Crippen LogP contribution in [0, 0.1) is 11.3 Å². The third-order valence-electron chi connectivity index (χ3n) is 6.08. The summed E-state index contributed by atoms with van der Waals surface area (Å²) < 4.78 is 13.6. The second kappa shape index (κ2) is 9.97. The third-order valence-corrected chi connectivity index (χ3v) is 6.08. The summed E-state index contributed by atoms with van der Waals surface area (Å²) in [6, 6.07) is 10.0. The monoisotopic (exact) mass is 459 g/mol. The van der Waals surface area contributed by atoms with E-state index in [1.807, 2.05) is 17.0 Å². The van der Waals surface area contributed by atoms with E-state index in [4.69, 9.17) is 0 Å². The second-order valence-corrected chi connectivity index (χ2v) is 8.53. The van der Waals surface area contributed by atoms with Crippen molar-refractivity contribution in [2.24, 2.45) is 0 Å². The molecule has 0 aromatic carbocycles. The van der Waals surface area contributed by atoms with Crippen LogP contribution in [0.5, 0.6) is 0 Å². The standard InChI is InChI=1S/C24H26FN9/c25-18-6-10-34(15-18)23-16(12-26)11-17(13-30-23)21-5-9-28-24(33-21)32-20-1-2-22(29-14-20)31-19-3-7-27-8-4-19/h1-2,5,9,11,13-14,18-19,27H,3-4,6-8,10,15H2,(H,29,31)(H,28,32,33). The molecule has 2 saturated heterocycles. The van der Waals surface area contributed by atoms with Gasteiger partial charge in [0.25, 0.3) is 0 Å². The van der Waals surface area contributed by atoms with E-state index in [2.05, 4.69) is 42.0 Å². The van der Waals surface area contributed by atoms with Gasteiger partial charge in [-0.15, -0.1) is 0 Å². The molecule has 0 bridgehead atoms. The fraction of sp³-hybridized carbons (Fsp3) is 0.375. The highest BCUT2D eigenvalue weighted by Crippen LogP contribution is 2.27. The van der Waals surface area contributed by atoms with Crippen molar-refractivity contribution in [1.82, 2.24) is 25.3 Å². The first kappa shape index (κ1) is 22.0. The van der Waals surface area contributed by atoms with E-state index in [0.29, 0.717) is 47.6 Å². The number of nitrogens with zero attached hydrogens (tertiary/aromatic N) is 6. The first-order chi connectivity index (χ1) is 16.7. The number of hydrogen-bond acceptors (Lipinski definition) is 9. The van der Waals surface area contributed by atoms with Crippen LogP contribution < -0.4 is 20.9 Å². The molecular weight excluding hydrogens is 433 g/mol. The minimum absolute atomic E-state index is 0.267. The maximum absolute atomic E-state index is 13.6. The number of nitrogens with one attached hydrogen (secondary N) is 3. The normalized spacial score (nSPS) is 18.5. The Balaban J connectivity index is 1.28. The predicted molar refractivity (Wildman–Crippen MR) is 129 cm³/mol. The fourth-order valence-electron chi connectivity index (χ4n) is 4.28. The van der Waals surface area contributed by atoms with E-state index >= 15 is 0 Å². The van der Waals surface area contributed by atoms with Crippen molar-refractivity contribution in [3.8, 4) is 17.3 Å². The van der Waals surface area contributed by atoms with Crippen LogP contribution in [0.4, 0.5) is 27.7 Å². The largest absolute Gasteiger partial charge is 0.367 e. The van der Waals surface area contributed by atoms with E-state index in [0.717, 1.165) is 37.4 Å². The van der Waals surface area contributed by atoms with Crippen molar-refractivity contribution in [1.29, 1.82) is 5.26 Å². The van der Waals surface area contributed by atoms with Gasteiger partial charge in [-0.2, -0.15) is 5.26 Å². The van der Waals surface area contributed by atoms with Gasteiger partial charge in [-0.1, -0.05) is 0 Å². The van der Waals surface area contributed by atoms with Crippen LogP contribution in [0.2, 0.25) is 0 Å². The lowest BCUT2D eigenvalue weighted by Crippen LogP contribution is -2.35. The van der Waals surface area contributed by atoms with E-state index < -0.39 is 6.17 Å². The topological polar surface area (TPSA) is 115 Å². The third kappa shape index (κ3) is 5.05. The van der Waals surface area contributed by atoms with Crippen LogP contribution in [0.25, 0.3) is 11.3 Å².